The number of nitrogen functional groups attached to an aromatic ring is 1. The molecule has 21 heavy (non-hydrogen) atoms. The van der Waals surface area contributed by atoms with Crippen LogP contribution in [0.15, 0.2) is 12.4 Å². The van der Waals surface area contributed by atoms with Crippen LogP contribution < -0.4 is 16.0 Å². The maximum absolute atomic E-state index is 12.3. The Balaban J connectivity index is 1.74. The molecule has 1 aliphatic heterocycles. The Morgan fingerprint density at radius 2 is 2.24 bits per heavy atom. The molecular formula is C13H18N6OS. The van der Waals surface area contributed by atoms with Crippen molar-refractivity contribution in [3.8, 4) is 0 Å². The number of carbonyl (C=O) groups is 1. The number of nitrogens with one attached hydrogen (secondary N) is 1. The lowest BCUT2D eigenvalue weighted by Gasteiger charge is -2.11. The van der Waals surface area contributed by atoms with Gasteiger partial charge in [-0.2, -0.15) is 5.10 Å². The lowest BCUT2D eigenvalue weighted by Crippen LogP contribution is -2.17. The van der Waals surface area contributed by atoms with Gasteiger partial charge in [0.05, 0.1) is 11.9 Å². The number of thiazole rings is 1. The van der Waals surface area contributed by atoms with Gasteiger partial charge < -0.3 is 16.0 Å². The van der Waals surface area contributed by atoms with E-state index in [1.165, 1.54) is 11.3 Å². The average Bonchev–Trinajstić information content (AvgIpc) is 3.17. The summed E-state index contributed by atoms with van der Waals surface area (Å²) in [5.41, 5.74) is 6.55. The molecule has 0 radical (unpaired) electrons. The number of rotatable bonds is 4. The highest BCUT2D eigenvalue weighted by molar-refractivity contribution is 7.18. The van der Waals surface area contributed by atoms with Crippen molar-refractivity contribution in [3.63, 3.8) is 0 Å². The molecule has 0 unspecified atom stereocenters. The highest BCUT2D eigenvalue weighted by Crippen LogP contribution is 2.30. The Hall–Kier alpha value is -2.09. The van der Waals surface area contributed by atoms with Crippen molar-refractivity contribution in [2.75, 3.05) is 29.0 Å². The molecule has 1 saturated heterocycles. The predicted molar refractivity (Wildman–Crippen MR) is 83.8 cm³/mol. The lowest BCUT2D eigenvalue weighted by atomic mass is 10.4. The molecule has 3 heterocycles. The van der Waals surface area contributed by atoms with E-state index in [4.69, 9.17) is 5.73 Å². The van der Waals surface area contributed by atoms with Crippen LogP contribution in [0, 0.1) is 0 Å². The third-order valence-electron chi connectivity index (χ3n) is 3.44. The molecule has 112 valence electrons. The van der Waals surface area contributed by atoms with Crippen molar-refractivity contribution < 1.29 is 4.79 Å². The third-order valence-corrected chi connectivity index (χ3v) is 4.57. The number of nitrogens with zero attached hydrogens (tertiary/aromatic N) is 4. The zero-order valence-corrected chi connectivity index (χ0v) is 12.7. The zero-order valence-electron chi connectivity index (χ0n) is 11.9. The van der Waals surface area contributed by atoms with Crippen molar-refractivity contribution in [3.05, 3.63) is 17.3 Å². The highest BCUT2D eigenvalue weighted by atomic mass is 32.1. The standard InChI is InChI=1S/C13H18N6OS/c1-2-19-8-9(7-15-19)16-12(20)10-11(14)17-13(21-10)18-5-3-4-6-18/h7-8H,2-6,14H2,1H3,(H,16,20). The van der Waals surface area contributed by atoms with Crippen LogP contribution in [0.3, 0.4) is 0 Å². The van der Waals surface area contributed by atoms with Gasteiger partial charge in [-0.15, -0.1) is 0 Å². The quantitative estimate of drug-likeness (QED) is 0.899. The van der Waals surface area contributed by atoms with Crippen LogP contribution in [0.5, 0.6) is 0 Å². The third kappa shape index (κ3) is 2.85. The van der Waals surface area contributed by atoms with Gasteiger partial charge in [-0.05, 0) is 19.8 Å². The predicted octanol–water partition coefficient (Wildman–Crippen LogP) is 1.79. The minimum atomic E-state index is -0.230. The van der Waals surface area contributed by atoms with E-state index < -0.39 is 0 Å². The van der Waals surface area contributed by atoms with Crippen LogP contribution in [0.2, 0.25) is 0 Å². The van der Waals surface area contributed by atoms with Gasteiger partial charge in [0.25, 0.3) is 5.91 Å². The normalized spacial score (nSPS) is 14.6. The van der Waals surface area contributed by atoms with E-state index in [2.05, 4.69) is 20.3 Å². The van der Waals surface area contributed by atoms with Crippen LogP contribution >= 0.6 is 11.3 Å². The number of aryl methyl sites for hydroxylation is 1. The molecule has 1 amide bonds. The molecule has 0 saturated carbocycles. The summed E-state index contributed by atoms with van der Waals surface area (Å²) in [4.78, 5) is 19.2. The van der Waals surface area contributed by atoms with Crippen molar-refractivity contribution in [1.82, 2.24) is 14.8 Å². The molecule has 8 heteroatoms. The second kappa shape index (κ2) is 5.72. The van der Waals surface area contributed by atoms with Crippen molar-refractivity contribution in [2.45, 2.75) is 26.3 Å². The molecule has 2 aromatic rings. The topological polar surface area (TPSA) is 89.1 Å². The SMILES string of the molecule is CCn1cc(NC(=O)c2sc(N3CCCC3)nc2N)cn1. The molecule has 7 nitrogen and oxygen atoms in total. The molecular weight excluding hydrogens is 288 g/mol. The second-order valence-corrected chi connectivity index (χ2v) is 5.92. The van der Waals surface area contributed by atoms with Crippen molar-refractivity contribution in [1.29, 1.82) is 0 Å². The van der Waals surface area contributed by atoms with Gasteiger partial charge >= 0.3 is 0 Å². The van der Waals surface area contributed by atoms with Crippen LogP contribution in [-0.2, 0) is 6.54 Å². The van der Waals surface area contributed by atoms with Crippen LogP contribution in [0.4, 0.5) is 16.6 Å². The molecule has 3 N–H and O–H groups in total. The Bertz CT molecular complexity index is 643. The van der Waals surface area contributed by atoms with Gasteiger partial charge in [0.15, 0.2) is 5.13 Å². The van der Waals surface area contributed by atoms with Gasteiger partial charge in [-0.3, -0.25) is 9.48 Å². The van der Waals surface area contributed by atoms with Gasteiger partial charge in [0, 0.05) is 25.8 Å². The van der Waals surface area contributed by atoms with Crippen LogP contribution in [-0.4, -0.2) is 33.8 Å². The monoisotopic (exact) mass is 306 g/mol. The van der Waals surface area contributed by atoms with Crippen molar-refractivity contribution >= 4 is 33.9 Å². The minimum absolute atomic E-state index is 0.230. The van der Waals surface area contributed by atoms with E-state index in [9.17, 15) is 4.79 Å². The maximum atomic E-state index is 12.3. The van der Waals surface area contributed by atoms with E-state index in [-0.39, 0.29) is 5.91 Å². The Morgan fingerprint density at radius 1 is 1.48 bits per heavy atom. The van der Waals surface area contributed by atoms with Gasteiger partial charge in [-0.1, -0.05) is 11.3 Å². The van der Waals surface area contributed by atoms with Crippen LogP contribution in [0.25, 0.3) is 0 Å². The largest absolute Gasteiger partial charge is 0.382 e. The van der Waals surface area contributed by atoms with Crippen molar-refractivity contribution in [2.24, 2.45) is 0 Å². The fraction of sp³-hybridized carbons (Fsp3) is 0.462. The first-order valence-corrected chi connectivity index (χ1v) is 7.84. The molecule has 1 aliphatic rings. The first kappa shape index (κ1) is 13.9. The molecule has 0 aliphatic carbocycles. The summed E-state index contributed by atoms with van der Waals surface area (Å²) in [6, 6.07) is 0. The maximum Gasteiger partial charge on any atom is 0.269 e. The number of hydrogen-bond donors (Lipinski definition) is 2. The van der Waals surface area contributed by atoms with Gasteiger partial charge in [-0.25, -0.2) is 4.98 Å². The number of amides is 1. The summed E-state index contributed by atoms with van der Waals surface area (Å²) < 4.78 is 1.75. The molecule has 0 aromatic carbocycles. The summed E-state index contributed by atoms with van der Waals surface area (Å²) in [7, 11) is 0. The van der Waals surface area contributed by atoms with E-state index in [1.54, 1.807) is 17.1 Å². The molecule has 0 spiro atoms. The fourth-order valence-electron chi connectivity index (χ4n) is 2.32. The first-order valence-electron chi connectivity index (χ1n) is 7.02. The summed E-state index contributed by atoms with van der Waals surface area (Å²) in [6.07, 6.45) is 5.74. The summed E-state index contributed by atoms with van der Waals surface area (Å²) in [5, 5.41) is 7.76. The summed E-state index contributed by atoms with van der Waals surface area (Å²) in [5.74, 6) is 0.0633. The number of anilines is 3. The van der Waals surface area contributed by atoms with Crippen LogP contribution in [0.1, 0.15) is 29.4 Å². The van der Waals surface area contributed by atoms with Gasteiger partial charge in [0.2, 0.25) is 0 Å². The average molecular weight is 306 g/mol. The summed E-state index contributed by atoms with van der Waals surface area (Å²) >= 11 is 1.35. The molecule has 0 atom stereocenters. The summed E-state index contributed by atoms with van der Waals surface area (Å²) in [6.45, 7) is 4.72. The minimum Gasteiger partial charge on any atom is -0.382 e. The second-order valence-electron chi connectivity index (χ2n) is 4.94. The van der Waals surface area contributed by atoms with E-state index in [1.807, 2.05) is 6.92 Å². The van der Waals surface area contributed by atoms with Gasteiger partial charge in [0.1, 0.15) is 10.7 Å². The fourth-order valence-corrected chi connectivity index (χ4v) is 3.25. The van der Waals surface area contributed by atoms with E-state index in [0.29, 0.717) is 16.4 Å². The smallest absolute Gasteiger partial charge is 0.269 e. The highest BCUT2D eigenvalue weighted by Gasteiger charge is 2.21. The number of nitrogens with two attached hydrogens (primary N) is 1. The molecule has 1 fully saturated rings. The molecule has 3 rings (SSSR count). The number of hydrogen-bond acceptors (Lipinski definition) is 6. The number of aromatic nitrogens is 3. The first-order chi connectivity index (χ1) is 10.2. The Morgan fingerprint density at radius 3 is 2.90 bits per heavy atom. The molecule has 2 aromatic heterocycles. The Labute approximate surface area is 126 Å². The zero-order chi connectivity index (χ0) is 14.8. The Kier molecular flexibility index (Phi) is 3.78. The molecule has 0 bridgehead atoms. The lowest BCUT2D eigenvalue weighted by molar-refractivity contribution is 0.103. The number of carbonyl (C=O) groups excluding carboxylic acids is 1. The van der Waals surface area contributed by atoms with E-state index in [0.717, 1.165) is 37.6 Å². The van der Waals surface area contributed by atoms with E-state index >= 15 is 0 Å².